The minimum absolute atomic E-state index is 0.152. The molecular formula is C20H16O2. The van der Waals surface area contributed by atoms with Gasteiger partial charge in [0.05, 0.1) is 12.0 Å². The number of aryl methyl sites for hydroxylation is 1. The molecule has 0 saturated carbocycles. The summed E-state index contributed by atoms with van der Waals surface area (Å²) < 4.78 is 6.16. The average Bonchev–Trinajstić information content (AvgIpc) is 2.53. The van der Waals surface area contributed by atoms with Crippen LogP contribution in [0.2, 0.25) is 0 Å². The van der Waals surface area contributed by atoms with Crippen molar-refractivity contribution in [3.63, 3.8) is 0 Å². The molecule has 0 amide bonds. The normalized spacial score (nSPS) is 17.1. The molecule has 3 aromatic carbocycles. The summed E-state index contributed by atoms with van der Waals surface area (Å²) in [7, 11) is 0. The van der Waals surface area contributed by atoms with Crippen molar-refractivity contribution in [1.82, 2.24) is 0 Å². The van der Waals surface area contributed by atoms with E-state index in [1.807, 2.05) is 43.3 Å². The van der Waals surface area contributed by atoms with Gasteiger partial charge in [0.15, 0.2) is 5.78 Å². The lowest BCUT2D eigenvalue weighted by Gasteiger charge is -2.26. The predicted octanol–water partition coefficient (Wildman–Crippen LogP) is 4.85. The zero-order valence-electron chi connectivity index (χ0n) is 12.4. The lowest BCUT2D eigenvalue weighted by molar-refractivity contribution is 0.0852. The van der Waals surface area contributed by atoms with Crippen molar-refractivity contribution in [1.29, 1.82) is 0 Å². The number of Topliss-reactive ketones (excluding diaryl/α,β-unsaturated/α-hetero) is 1. The first-order valence-corrected chi connectivity index (χ1v) is 7.50. The largest absolute Gasteiger partial charge is 0.484 e. The Kier molecular flexibility index (Phi) is 2.97. The number of hydrogen-bond acceptors (Lipinski definition) is 2. The molecule has 1 aliphatic rings. The van der Waals surface area contributed by atoms with E-state index in [1.54, 1.807) is 0 Å². The monoisotopic (exact) mass is 288 g/mol. The maximum atomic E-state index is 12.4. The third-order valence-electron chi connectivity index (χ3n) is 4.25. The highest BCUT2D eigenvalue weighted by Crippen LogP contribution is 2.37. The second-order valence-electron chi connectivity index (χ2n) is 5.80. The van der Waals surface area contributed by atoms with Crippen molar-refractivity contribution in [2.45, 2.75) is 19.4 Å². The first-order valence-electron chi connectivity index (χ1n) is 7.50. The Morgan fingerprint density at radius 1 is 1.00 bits per heavy atom. The van der Waals surface area contributed by atoms with Crippen LogP contribution in [0.5, 0.6) is 5.75 Å². The number of ketones is 1. The van der Waals surface area contributed by atoms with Gasteiger partial charge in [-0.2, -0.15) is 0 Å². The van der Waals surface area contributed by atoms with Crippen LogP contribution < -0.4 is 4.74 Å². The molecule has 1 atom stereocenters. The van der Waals surface area contributed by atoms with E-state index in [-0.39, 0.29) is 11.9 Å². The van der Waals surface area contributed by atoms with Crippen molar-refractivity contribution < 1.29 is 9.53 Å². The van der Waals surface area contributed by atoms with Gasteiger partial charge in [-0.1, -0.05) is 48.5 Å². The van der Waals surface area contributed by atoms with Crippen LogP contribution in [0.15, 0.2) is 60.7 Å². The average molecular weight is 288 g/mol. The van der Waals surface area contributed by atoms with Gasteiger partial charge in [-0.3, -0.25) is 4.79 Å². The van der Waals surface area contributed by atoms with Crippen LogP contribution in [-0.4, -0.2) is 5.78 Å². The number of benzene rings is 3. The van der Waals surface area contributed by atoms with Gasteiger partial charge in [0.25, 0.3) is 0 Å². The van der Waals surface area contributed by atoms with E-state index in [2.05, 4.69) is 24.3 Å². The van der Waals surface area contributed by atoms with Gasteiger partial charge in [-0.05, 0) is 35.4 Å². The first kappa shape index (κ1) is 13.1. The van der Waals surface area contributed by atoms with E-state index >= 15 is 0 Å². The summed E-state index contributed by atoms with van der Waals surface area (Å²) in [5.74, 6) is 0.855. The summed E-state index contributed by atoms with van der Waals surface area (Å²) in [6.45, 7) is 2.01. The van der Waals surface area contributed by atoms with E-state index < -0.39 is 0 Å². The van der Waals surface area contributed by atoms with Crippen LogP contribution in [-0.2, 0) is 0 Å². The molecule has 0 aromatic heterocycles. The molecule has 0 aliphatic carbocycles. The highest BCUT2D eigenvalue weighted by atomic mass is 16.5. The van der Waals surface area contributed by atoms with Gasteiger partial charge >= 0.3 is 0 Å². The zero-order valence-corrected chi connectivity index (χ0v) is 12.4. The van der Waals surface area contributed by atoms with E-state index in [4.69, 9.17) is 4.74 Å². The van der Waals surface area contributed by atoms with E-state index in [0.717, 1.165) is 16.5 Å². The van der Waals surface area contributed by atoms with Crippen LogP contribution in [0.25, 0.3) is 10.8 Å². The molecule has 0 spiro atoms. The Morgan fingerprint density at radius 2 is 1.82 bits per heavy atom. The van der Waals surface area contributed by atoms with Crippen LogP contribution >= 0.6 is 0 Å². The molecule has 0 saturated heterocycles. The standard InChI is InChI=1S/C20H16O2/c1-13-9-10-17-18(21)12-20(22-19(17)11-13)16-8-4-6-14-5-2-3-7-15(14)16/h2-11,20H,12H2,1H3. The first-order chi connectivity index (χ1) is 10.7. The number of carbonyl (C=O) groups excluding carboxylic acids is 1. The maximum absolute atomic E-state index is 12.4. The fourth-order valence-electron chi connectivity index (χ4n) is 3.14. The number of fused-ring (bicyclic) bond motifs is 2. The van der Waals surface area contributed by atoms with Gasteiger partial charge < -0.3 is 4.74 Å². The molecule has 3 aromatic rings. The van der Waals surface area contributed by atoms with Gasteiger partial charge in [-0.15, -0.1) is 0 Å². The summed E-state index contributed by atoms with van der Waals surface area (Å²) in [6.07, 6.45) is 0.178. The molecule has 1 unspecified atom stereocenters. The predicted molar refractivity (Wildman–Crippen MR) is 87.4 cm³/mol. The molecule has 108 valence electrons. The van der Waals surface area contributed by atoms with Crippen LogP contribution in [0.1, 0.15) is 34.0 Å². The summed E-state index contributed by atoms with van der Waals surface area (Å²) >= 11 is 0. The highest BCUT2D eigenvalue weighted by molar-refractivity contribution is 6.00. The zero-order chi connectivity index (χ0) is 15.1. The van der Waals surface area contributed by atoms with E-state index in [9.17, 15) is 4.79 Å². The summed E-state index contributed by atoms with van der Waals surface area (Å²) in [4.78, 5) is 12.4. The Hall–Kier alpha value is -2.61. The van der Waals surface area contributed by atoms with Crippen molar-refractivity contribution >= 4 is 16.6 Å². The summed E-state index contributed by atoms with van der Waals surface area (Å²) in [5, 5.41) is 2.32. The Bertz CT molecular complexity index is 875. The maximum Gasteiger partial charge on any atom is 0.170 e. The number of ether oxygens (including phenoxy) is 1. The third kappa shape index (κ3) is 2.08. The second-order valence-corrected chi connectivity index (χ2v) is 5.80. The molecule has 1 heterocycles. The molecule has 22 heavy (non-hydrogen) atoms. The van der Waals surface area contributed by atoms with Gasteiger partial charge in [0.2, 0.25) is 0 Å². The fraction of sp³-hybridized carbons (Fsp3) is 0.150. The molecule has 0 radical (unpaired) electrons. The van der Waals surface area contributed by atoms with Crippen molar-refractivity contribution in [2.24, 2.45) is 0 Å². The Labute approximate surface area is 129 Å². The van der Waals surface area contributed by atoms with E-state index in [0.29, 0.717) is 17.7 Å². The number of hydrogen-bond donors (Lipinski definition) is 0. The fourth-order valence-corrected chi connectivity index (χ4v) is 3.14. The smallest absolute Gasteiger partial charge is 0.170 e. The SMILES string of the molecule is Cc1ccc2c(c1)OC(c1cccc3ccccc13)CC2=O. The minimum Gasteiger partial charge on any atom is -0.484 e. The van der Waals surface area contributed by atoms with Crippen LogP contribution in [0.4, 0.5) is 0 Å². The molecule has 2 heteroatoms. The van der Waals surface area contributed by atoms with Crippen molar-refractivity contribution in [3.8, 4) is 5.75 Å². The summed E-state index contributed by atoms with van der Waals surface area (Å²) in [5.41, 5.74) is 2.88. The van der Waals surface area contributed by atoms with Crippen LogP contribution in [0, 0.1) is 6.92 Å². The molecule has 2 nitrogen and oxygen atoms in total. The summed E-state index contributed by atoms with van der Waals surface area (Å²) in [6, 6.07) is 20.2. The van der Waals surface area contributed by atoms with Gasteiger partial charge in [0, 0.05) is 5.56 Å². The molecule has 0 bridgehead atoms. The topological polar surface area (TPSA) is 26.3 Å². The van der Waals surface area contributed by atoms with E-state index in [1.165, 1.54) is 5.39 Å². The molecule has 0 fully saturated rings. The minimum atomic E-state index is -0.215. The second kappa shape index (κ2) is 4.99. The van der Waals surface area contributed by atoms with Gasteiger partial charge in [0.1, 0.15) is 11.9 Å². The number of rotatable bonds is 1. The van der Waals surface area contributed by atoms with Gasteiger partial charge in [-0.25, -0.2) is 0 Å². The lowest BCUT2D eigenvalue weighted by atomic mass is 9.92. The van der Waals surface area contributed by atoms with Crippen molar-refractivity contribution in [2.75, 3.05) is 0 Å². The Morgan fingerprint density at radius 3 is 2.73 bits per heavy atom. The molecule has 4 rings (SSSR count). The third-order valence-corrected chi connectivity index (χ3v) is 4.25. The number of carbonyl (C=O) groups is 1. The molecular weight excluding hydrogens is 272 g/mol. The quantitative estimate of drug-likeness (QED) is 0.639. The van der Waals surface area contributed by atoms with Crippen LogP contribution in [0.3, 0.4) is 0 Å². The molecule has 1 aliphatic heterocycles. The lowest BCUT2D eigenvalue weighted by Crippen LogP contribution is -2.20. The Balaban J connectivity index is 1.82. The molecule has 0 N–H and O–H groups in total. The van der Waals surface area contributed by atoms with Crippen molar-refractivity contribution in [3.05, 3.63) is 77.4 Å². The highest BCUT2D eigenvalue weighted by Gasteiger charge is 2.28.